The maximum atomic E-state index is 12.5. The number of benzene rings is 1. The van der Waals surface area contributed by atoms with Crippen molar-refractivity contribution in [3.8, 4) is 11.3 Å². The van der Waals surface area contributed by atoms with Gasteiger partial charge in [-0.15, -0.1) is 0 Å². The Kier molecular flexibility index (Phi) is 4.94. The van der Waals surface area contributed by atoms with Gasteiger partial charge in [-0.2, -0.15) is 0 Å². The van der Waals surface area contributed by atoms with Crippen LogP contribution in [-0.4, -0.2) is 21.3 Å². The predicted octanol–water partition coefficient (Wildman–Crippen LogP) is 4.16. The van der Waals surface area contributed by atoms with E-state index in [1.54, 1.807) is 0 Å². The quantitative estimate of drug-likeness (QED) is 0.732. The Balaban J connectivity index is 1.45. The average molecular weight is 362 g/mol. The topological polar surface area (TPSA) is 72.4 Å². The molecule has 1 amide bonds. The number of anilines is 1. The molecule has 0 unspecified atom stereocenters. The summed E-state index contributed by atoms with van der Waals surface area (Å²) in [6.45, 7) is 2.06. The number of hydrogen-bond donors (Lipinski definition) is 2. The van der Waals surface area contributed by atoms with E-state index < -0.39 is 6.04 Å². The van der Waals surface area contributed by atoms with Crippen molar-refractivity contribution in [3.63, 3.8) is 0 Å². The Labute approximate surface area is 159 Å². The first kappa shape index (κ1) is 17.7. The normalized spacial score (nSPS) is 16.4. The number of carbonyl (C=O) groups excluding carboxylic acids is 1. The maximum absolute atomic E-state index is 12.5. The van der Waals surface area contributed by atoms with E-state index in [4.69, 9.17) is 5.73 Å². The zero-order chi connectivity index (χ0) is 18.8. The molecule has 4 rings (SSSR count). The average Bonchev–Trinajstić information content (AvgIpc) is 3.11. The Morgan fingerprint density at radius 3 is 2.67 bits per heavy atom. The van der Waals surface area contributed by atoms with Crippen molar-refractivity contribution in [1.82, 2.24) is 9.38 Å². The number of carbonyl (C=O) groups is 1. The molecule has 5 heteroatoms. The van der Waals surface area contributed by atoms with Gasteiger partial charge in [0.1, 0.15) is 5.65 Å². The number of aromatic nitrogens is 2. The van der Waals surface area contributed by atoms with Crippen LogP contribution in [0.2, 0.25) is 0 Å². The number of nitrogens with one attached hydrogen (secondary N) is 1. The third-order valence-corrected chi connectivity index (χ3v) is 5.52. The number of nitrogens with two attached hydrogens (primary N) is 1. The lowest BCUT2D eigenvalue weighted by atomic mass is 9.84. The lowest BCUT2D eigenvalue weighted by molar-refractivity contribution is -0.118. The van der Waals surface area contributed by atoms with Gasteiger partial charge in [0.05, 0.1) is 11.7 Å². The van der Waals surface area contributed by atoms with Crippen molar-refractivity contribution in [2.45, 2.75) is 45.1 Å². The molecular weight excluding hydrogens is 336 g/mol. The molecule has 0 aliphatic heterocycles. The van der Waals surface area contributed by atoms with Crippen LogP contribution in [-0.2, 0) is 4.79 Å². The van der Waals surface area contributed by atoms with E-state index in [0.29, 0.717) is 5.92 Å². The number of hydrogen-bond acceptors (Lipinski definition) is 3. The van der Waals surface area contributed by atoms with E-state index in [0.717, 1.165) is 35.4 Å². The smallest absolute Gasteiger partial charge is 0.241 e. The molecule has 0 radical (unpaired) electrons. The molecule has 1 aliphatic rings. The van der Waals surface area contributed by atoms with E-state index in [2.05, 4.69) is 29.4 Å². The summed E-state index contributed by atoms with van der Waals surface area (Å²) in [6.07, 6.45) is 9.76. The minimum absolute atomic E-state index is 0.0853. The van der Waals surface area contributed by atoms with Crippen LogP contribution in [0.4, 0.5) is 5.69 Å². The Hall–Kier alpha value is -2.66. The van der Waals surface area contributed by atoms with E-state index in [1.807, 2.05) is 41.1 Å². The zero-order valence-electron chi connectivity index (χ0n) is 15.7. The second-order valence-corrected chi connectivity index (χ2v) is 7.59. The van der Waals surface area contributed by atoms with Crippen LogP contribution in [0.25, 0.3) is 16.9 Å². The number of imidazole rings is 1. The first-order chi connectivity index (χ1) is 13.1. The Morgan fingerprint density at radius 2 is 1.93 bits per heavy atom. The highest BCUT2D eigenvalue weighted by atomic mass is 16.2. The van der Waals surface area contributed by atoms with Gasteiger partial charge in [-0.3, -0.25) is 4.79 Å². The molecule has 1 fully saturated rings. The van der Waals surface area contributed by atoms with Crippen LogP contribution in [0, 0.1) is 12.8 Å². The summed E-state index contributed by atoms with van der Waals surface area (Å²) >= 11 is 0. The summed E-state index contributed by atoms with van der Waals surface area (Å²) in [5.74, 6) is 0.220. The molecule has 3 aromatic rings. The highest BCUT2D eigenvalue weighted by molar-refractivity contribution is 5.95. The van der Waals surface area contributed by atoms with Gasteiger partial charge in [0, 0.05) is 23.6 Å². The third-order valence-electron chi connectivity index (χ3n) is 5.52. The molecule has 27 heavy (non-hydrogen) atoms. The second kappa shape index (κ2) is 7.53. The van der Waals surface area contributed by atoms with Crippen LogP contribution in [0.5, 0.6) is 0 Å². The molecule has 1 aliphatic carbocycles. The molecule has 0 spiro atoms. The second-order valence-electron chi connectivity index (χ2n) is 7.59. The number of nitrogens with zero attached hydrogens (tertiary/aromatic N) is 2. The molecule has 1 atom stereocenters. The van der Waals surface area contributed by atoms with Crippen molar-refractivity contribution in [3.05, 3.63) is 54.4 Å². The van der Waals surface area contributed by atoms with E-state index in [-0.39, 0.29) is 5.91 Å². The van der Waals surface area contributed by atoms with Gasteiger partial charge >= 0.3 is 0 Å². The van der Waals surface area contributed by atoms with Gasteiger partial charge < -0.3 is 15.5 Å². The Bertz CT molecular complexity index is 939. The summed E-state index contributed by atoms with van der Waals surface area (Å²) in [4.78, 5) is 17.1. The summed E-state index contributed by atoms with van der Waals surface area (Å²) in [5.41, 5.74) is 11.0. The van der Waals surface area contributed by atoms with Gasteiger partial charge in [-0.25, -0.2) is 4.98 Å². The molecule has 140 valence electrons. The number of amides is 1. The molecular formula is C22H26N4O. The summed E-state index contributed by atoms with van der Waals surface area (Å²) in [7, 11) is 0. The first-order valence-corrected chi connectivity index (χ1v) is 9.72. The van der Waals surface area contributed by atoms with Crippen LogP contribution in [0.3, 0.4) is 0 Å². The van der Waals surface area contributed by atoms with Gasteiger partial charge in [-0.05, 0) is 55.5 Å². The van der Waals surface area contributed by atoms with Crippen LogP contribution in [0.15, 0.2) is 48.8 Å². The fourth-order valence-electron chi connectivity index (χ4n) is 3.88. The number of aryl methyl sites for hydroxylation is 1. The summed E-state index contributed by atoms with van der Waals surface area (Å²) in [6, 6.07) is 11.5. The number of fused-ring (bicyclic) bond motifs is 1. The fourth-order valence-corrected chi connectivity index (χ4v) is 3.88. The van der Waals surface area contributed by atoms with Crippen molar-refractivity contribution >= 4 is 17.2 Å². The lowest BCUT2D eigenvalue weighted by Crippen LogP contribution is -2.42. The number of pyridine rings is 1. The van der Waals surface area contributed by atoms with Crippen molar-refractivity contribution in [2.75, 3.05) is 5.32 Å². The molecule has 2 heterocycles. The standard InChI is InChI=1S/C22H26N4O/c1-15-11-12-26-14-19(25-20(26)13-15)16-7-9-18(10-8-16)24-22(27)21(23)17-5-3-2-4-6-17/h7-14,17,21H,2-6,23H2,1H3,(H,24,27)/t21-/m0/s1. The molecule has 2 aromatic heterocycles. The zero-order valence-corrected chi connectivity index (χ0v) is 15.7. The maximum Gasteiger partial charge on any atom is 0.241 e. The fraction of sp³-hybridized carbons (Fsp3) is 0.364. The van der Waals surface area contributed by atoms with Crippen LogP contribution in [0.1, 0.15) is 37.7 Å². The van der Waals surface area contributed by atoms with Gasteiger partial charge in [0.15, 0.2) is 0 Å². The highest BCUT2D eigenvalue weighted by Gasteiger charge is 2.26. The monoisotopic (exact) mass is 362 g/mol. The largest absolute Gasteiger partial charge is 0.325 e. The predicted molar refractivity (Wildman–Crippen MR) is 109 cm³/mol. The highest BCUT2D eigenvalue weighted by Crippen LogP contribution is 2.27. The van der Waals surface area contributed by atoms with Crippen molar-refractivity contribution in [2.24, 2.45) is 11.7 Å². The molecule has 1 aromatic carbocycles. The van der Waals surface area contributed by atoms with Gasteiger partial charge in [0.25, 0.3) is 0 Å². The molecule has 3 N–H and O–H groups in total. The minimum Gasteiger partial charge on any atom is -0.325 e. The summed E-state index contributed by atoms with van der Waals surface area (Å²) < 4.78 is 2.02. The van der Waals surface area contributed by atoms with E-state index in [1.165, 1.54) is 24.8 Å². The van der Waals surface area contributed by atoms with Gasteiger partial charge in [0.2, 0.25) is 5.91 Å². The molecule has 0 saturated heterocycles. The first-order valence-electron chi connectivity index (χ1n) is 9.72. The molecule has 0 bridgehead atoms. The van der Waals surface area contributed by atoms with Gasteiger partial charge in [-0.1, -0.05) is 31.4 Å². The number of rotatable bonds is 4. The van der Waals surface area contributed by atoms with Crippen molar-refractivity contribution < 1.29 is 4.79 Å². The van der Waals surface area contributed by atoms with E-state index in [9.17, 15) is 4.79 Å². The lowest BCUT2D eigenvalue weighted by Gasteiger charge is -2.26. The molecule has 1 saturated carbocycles. The molecule has 5 nitrogen and oxygen atoms in total. The van der Waals surface area contributed by atoms with Crippen molar-refractivity contribution in [1.29, 1.82) is 0 Å². The third kappa shape index (κ3) is 3.88. The minimum atomic E-state index is -0.424. The summed E-state index contributed by atoms with van der Waals surface area (Å²) in [5, 5.41) is 2.96. The van der Waals surface area contributed by atoms with Crippen LogP contribution < -0.4 is 11.1 Å². The SMILES string of the molecule is Cc1ccn2cc(-c3ccc(NC(=O)[C@@H](N)C4CCCCC4)cc3)nc2c1. The van der Waals surface area contributed by atoms with E-state index >= 15 is 0 Å². The van der Waals surface area contributed by atoms with Crippen LogP contribution >= 0.6 is 0 Å². The Morgan fingerprint density at radius 1 is 1.19 bits per heavy atom.